The summed E-state index contributed by atoms with van der Waals surface area (Å²) < 4.78 is 1.54. The third kappa shape index (κ3) is 1.44. The van der Waals surface area contributed by atoms with Crippen LogP contribution in [0.2, 0.25) is 0 Å². The van der Waals surface area contributed by atoms with Gasteiger partial charge in [-0.2, -0.15) is 0 Å². The Balaban J connectivity index is 2.88. The van der Waals surface area contributed by atoms with Gasteiger partial charge in [0.15, 0.2) is 0 Å². The van der Waals surface area contributed by atoms with Crippen LogP contribution in [0.25, 0.3) is 0 Å². The molecule has 0 saturated carbocycles. The second kappa shape index (κ2) is 2.96. The zero-order valence-corrected chi connectivity index (χ0v) is 6.44. The summed E-state index contributed by atoms with van der Waals surface area (Å²) in [5, 5.41) is 0. The summed E-state index contributed by atoms with van der Waals surface area (Å²) in [6.07, 6.45) is 1.77. The Morgan fingerprint density at radius 3 is 3.00 bits per heavy atom. The van der Waals surface area contributed by atoms with E-state index in [0.717, 1.165) is 4.88 Å². The zero-order chi connectivity index (χ0) is 7.56. The fourth-order valence-electron chi connectivity index (χ4n) is 0.662. The van der Waals surface area contributed by atoms with E-state index in [1.165, 1.54) is 15.9 Å². The van der Waals surface area contributed by atoms with Gasteiger partial charge in [-0.1, -0.05) is 11.3 Å². The number of rotatable bonds is 2. The molecule has 0 aliphatic heterocycles. The van der Waals surface area contributed by atoms with E-state index in [4.69, 9.17) is 5.84 Å². The number of hydrogen-bond donors (Lipinski definition) is 2. The van der Waals surface area contributed by atoms with Crippen molar-refractivity contribution in [2.75, 3.05) is 0 Å². The molecule has 3 N–H and O–H groups in total. The molecule has 1 heterocycles. The lowest BCUT2D eigenvalue weighted by molar-refractivity contribution is 0.744. The Bertz CT molecular complexity index is 264. The number of nitrogens with one attached hydrogen (secondary N) is 1. The summed E-state index contributed by atoms with van der Waals surface area (Å²) in [4.78, 5) is 11.8. The van der Waals surface area contributed by atoms with Crippen molar-refractivity contribution in [3.05, 3.63) is 20.7 Å². The first-order valence-electron chi connectivity index (χ1n) is 2.83. The number of hydrazine groups is 1. The van der Waals surface area contributed by atoms with Crippen LogP contribution >= 0.6 is 11.3 Å². The van der Waals surface area contributed by atoms with Crippen LogP contribution < -0.4 is 16.1 Å². The van der Waals surface area contributed by atoms with E-state index in [-0.39, 0.29) is 4.87 Å². The van der Waals surface area contributed by atoms with Crippen molar-refractivity contribution in [2.24, 2.45) is 12.9 Å². The van der Waals surface area contributed by atoms with Crippen molar-refractivity contribution >= 4 is 11.3 Å². The summed E-state index contributed by atoms with van der Waals surface area (Å²) in [5.74, 6) is 5.07. The van der Waals surface area contributed by atoms with E-state index >= 15 is 0 Å². The van der Waals surface area contributed by atoms with Gasteiger partial charge in [0.2, 0.25) is 0 Å². The summed E-state index contributed by atoms with van der Waals surface area (Å²) in [7, 11) is 1.72. The van der Waals surface area contributed by atoms with Crippen LogP contribution in [0.3, 0.4) is 0 Å². The number of aromatic nitrogens is 1. The molecule has 5 heteroatoms. The van der Waals surface area contributed by atoms with Crippen LogP contribution in [0.5, 0.6) is 0 Å². The van der Waals surface area contributed by atoms with E-state index < -0.39 is 0 Å². The largest absolute Gasteiger partial charge is 0.309 e. The minimum absolute atomic E-state index is 0.0465. The highest BCUT2D eigenvalue weighted by molar-refractivity contribution is 7.09. The average Bonchev–Trinajstić information content (AvgIpc) is 2.14. The molecule has 0 unspecified atom stereocenters. The zero-order valence-electron chi connectivity index (χ0n) is 5.63. The van der Waals surface area contributed by atoms with Gasteiger partial charge in [0.25, 0.3) is 0 Å². The molecule has 1 aromatic rings. The molecule has 0 aliphatic carbocycles. The van der Waals surface area contributed by atoms with Gasteiger partial charge in [0.1, 0.15) is 0 Å². The average molecular weight is 159 g/mol. The standard InChI is InChI=1S/C5H9N3OS/c1-8-3-4(2-7-6)10-5(8)9/h3,7H,2,6H2,1H3. The number of hydrogen-bond acceptors (Lipinski definition) is 4. The monoisotopic (exact) mass is 159 g/mol. The van der Waals surface area contributed by atoms with E-state index in [1.807, 2.05) is 0 Å². The molecule has 0 fully saturated rings. The third-order valence-electron chi connectivity index (χ3n) is 1.12. The van der Waals surface area contributed by atoms with Gasteiger partial charge in [-0.15, -0.1) is 0 Å². The molecule has 4 nitrogen and oxygen atoms in total. The SMILES string of the molecule is Cn1cc(CNN)sc1=O. The molecule has 0 saturated heterocycles. The topological polar surface area (TPSA) is 60.1 Å². The van der Waals surface area contributed by atoms with Crippen LogP contribution in [-0.4, -0.2) is 4.57 Å². The smallest absolute Gasteiger partial charge is 0.307 e. The van der Waals surface area contributed by atoms with Crippen LogP contribution in [0.4, 0.5) is 0 Å². The van der Waals surface area contributed by atoms with Crippen molar-refractivity contribution < 1.29 is 0 Å². The molecular weight excluding hydrogens is 150 g/mol. The highest BCUT2D eigenvalue weighted by Crippen LogP contribution is 1.99. The molecule has 0 bridgehead atoms. The van der Waals surface area contributed by atoms with Crippen molar-refractivity contribution in [3.63, 3.8) is 0 Å². The molecule has 1 rings (SSSR count). The summed E-state index contributed by atoms with van der Waals surface area (Å²) in [6, 6.07) is 0. The Hall–Kier alpha value is -0.650. The molecule has 0 aromatic carbocycles. The Morgan fingerprint density at radius 2 is 2.60 bits per heavy atom. The molecule has 10 heavy (non-hydrogen) atoms. The molecule has 0 atom stereocenters. The fourth-order valence-corrected chi connectivity index (χ4v) is 1.45. The van der Waals surface area contributed by atoms with Crippen molar-refractivity contribution in [1.82, 2.24) is 9.99 Å². The van der Waals surface area contributed by atoms with E-state index in [2.05, 4.69) is 5.43 Å². The Morgan fingerprint density at radius 1 is 1.90 bits per heavy atom. The summed E-state index contributed by atoms with van der Waals surface area (Å²) in [5.41, 5.74) is 2.48. The van der Waals surface area contributed by atoms with Gasteiger partial charge in [-0.05, 0) is 0 Å². The second-order valence-electron chi connectivity index (χ2n) is 1.96. The highest BCUT2D eigenvalue weighted by atomic mass is 32.1. The van der Waals surface area contributed by atoms with E-state index in [0.29, 0.717) is 6.54 Å². The fraction of sp³-hybridized carbons (Fsp3) is 0.400. The highest BCUT2D eigenvalue weighted by Gasteiger charge is 1.97. The lowest BCUT2D eigenvalue weighted by Gasteiger charge is -1.89. The van der Waals surface area contributed by atoms with Crippen molar-refractivity contribution in [3.8, 4) is 0 Å². The lowest BCUT2D eigenvalue weighted by Crippen LogP contribution is -2.20. The van der Waals surface area contributed by atoms with Crippen molar-refractivity contribution in [1.29, 1.82) is 0 Å². The molecule has 0 amide bonds. The molecule has 0 aliphatic rings. The number of nitrogens with two attached hydrogens (primary N) is 1. The first kappa shape index (κ1) is 7.46. The van der Waals surface area contributed by atoms with Gasteiger partial charge in [0, 0.05) is 24.7 Å². The van der Waals surface area contributed by atoms with Gasteiger partial charge in [-0.25, -0.2) is 0 Å². The third-order valence-corrected chi connectivity index (χ3v) is 2.09. The van der Waals surface area contributed by atoms with Crippen LogP contribution in [-0.2, 0) is 13.6 Å². The molecule has 0 radical (unpaired) electrons. The molecule has 56 valence electrons. The van der Waals surface area contributed by atoms with Crippen LogP contribution in [0, 0.1) is 0 Å². The first-order chi connectivity index (χ1) is 4.74. The Kier molecular flexibility index (Phi) is 2.21. The van der Waals surface area contributed by atoms with E-state index in [1.54, 1.807) is 13.2 Å². The second-order valence-corrected chi connectivity index (χ2v) is 3.03. The maximum absolute atomic E-state index is 10.8. The first-order valence-corrected chi connectivity index (χ1v) is 3.64. The van der Waals surface area contributed by atoms with Gasteiger partial charge < -0.3 is 4.57 Å². The normalized spacial score (nSPS) is 10.2. The summed E-state index contributed by atoms with van der Waals surface area (Å²) in [6.45, 7) is 0.556. The number of thiazole rings is 1. The predicted octanol–water partition coefficient (Wildman–Crippen LogP) is -0.590. The number of aryl methyl sites for hydroxylation is 1. The minimum atomic E-state index is 0.0465. The molecule has 1 aromatic heterocycles. The maximum Gasteiger partial charge on any atom is 0.307 e. The van der Waals surface area contributed by atoms with Crippen LogP contribution in [0.1, 0.15) is 4.88 Å². The van der Waals surface area contributed by atoms with Crippen LogP contribution in [0.15, 0.2) is 11.0 Å². The van der Waals surface area contributed by atoms with Gasteiger partial charge >= 0.3 is 4.87 Å². The van der Waals surface area contributed by atoms with Gasteiger partial charge in [0.05, 0.1) is 0 Å². The predicted molar refractivity (Wildman–Crippen MR) is 40.6 cm³/mol. The minimum Gasteiger partial charge on any atom is -0.309 e. The van der Waals surface area contributed by atoms with Gasteiger partial charge in [-0.3, -0.25) is 16.1 Å². The maximum atomic E-state index is 10.8. The quantitative estimate of drug-likeness (QED) is 0.448. The molecular formula is C5H9N3OS. The number of nitrogens with zero attached hydrogens (tertiary/aromatic N) is 1. The van der Waals surface area contributed by atoms with E-state index in [9.17, 15) is 4.79 Å². The van der Waals surface area contributed by atoms with Crippen molar-refractivity contribution in [2.45, 2.75) is 6.54 Å². The summed E-state index contributed by atoms with van der Waals surface area (Å²) >= 11 is 1.20. The molecule has 0 spiro atoms. The Labute approximate surface area is 62.3 Å². The lowest BCUT2D eigenvalue weighted by atomic mass is 10.5.